The summed E-state index contributed by atoms with van der Waals surface area (Å²) < 4.78 is 38.7. The van der Waals surface area contributed by atoms with E-state index in [9.17, 15) is 19.2 Å². The molecule has 6 saturated heterocycles. The van der Waals surface area contributed by atoms with Crippen LogP contribution in [0.4, 0.5) is 0 Å². The maximum absolute atomic E-state index is 10.8. The van der Waals surface area contributed by atoms with Crippen LogP contribution in [0.3, 0.4) is 0 Å². The first-order valence-corrected chi connectivity index (χ1v) is 14.2. The van der Waals surface area contributed by atoms with Gasteiger partial charge < -0.3 is 0 Å². The van der Waals surface area contributed by atoms with Crippen LogP contribution >= 0.6 is 0 Å². The van der Waals surface area contributed by atoms with Crippen LogP contribution in [0.15, 0.2) is 0 Å². The number of carbonyl (C=O) groups excluding carboxylic acids is 4. The molecule has 0 aliphatic carbocycles. The first-order chi connectivity index (χ1) is 10.4. The zero-order valence-electron chi connectivity index (χ0n) is 10.8. The van der Waals surface area contributed by atoms with E-state index in [2.05, 4.69) is 12.1 Å². The van der Waals surface area contributed by atoms with Gasteiger partial charge in [0.05, 0.1) is 0 Å². The van der Waals surface area contributed by atoms with Crippen LogP contribution in [0, 0.1) is 0 Å². The molecule has 6 heterocycles. The molecule has 15 heteroatoms. The van der Waals surface area contributed by atoms with Crippen LogP contribution in [0.2, 0.25) is 0 Å². The second kappa shape index (κ2) is 5.31. The fourth-order valence-corrected chi connectivity index (χ4v) is 13.0. The van der Waals surface area contributed by atoms with Gasteiger partial charge in [0.1, 0.15) is 0 Å². The molecule has 4 atom stereocenters. The molecule has 6 aliphatic rings. The third kappa shape index (κ3) is 2.30. The Morgan fingerprint density at radius 3 is 0.913 bits per heavy atom. The van der Waals surface area contributed by atoms with Crippen molar-refractivity contribution in [1.29, 1.82) is 0 Å². The van der Waals surface area contributed by atoms with Crippen LogP contribution in [-0.2, 0) is 43.3 Å². The predicted octanol–water partition coefficient (Wildman–Crippen LogP) is -3.74. The van der Waals surface area contributed by atoms with E-state index in [1.807, 2.05) is 0 Å². The summed E-state index contributed by atoms with van der Waals surface area (Å²) in [6.07, 6.45) is -3.33. The summed E-state index contributed by atoms with van der Waals surface area (Å²) in [4.78, 5) is 43.3. The molecule has 23 heavy (non-hydrogen) atoms. The second-order valence-electron chi connectivity index (χ2n) is 4.64. The Morgan fingerprint density at radius 2 is 0.739 bits per heavy atom. The number of rotatable bonds is 0. The zero-order valence-corrected chi connectivity index (χ0v) is 18.1. The Kier molecular flexibility index (Phi) is 3.94. The van der Waals surface area contributed by atoms with E-state index in [0.29, 0.717) is 0 Å². The Bertz CT molecular complexity index is 553. The minimum Gasteiger partial charge on any atom is 2.00 e. The third-order valence-corrected chi connectivity index (χ3v) is 13.4. The Morgan fingerprint density at radius 1 is 0.522 bits per heavy atom. The van der Waals surface area contributed by atoms with E-state index in [1.54, 1.807) is 0 Å². The maximum atomic E-state index is 10.8. The van der Waals surface area contributed by atoms with Crippen LogP contribution in [0.25, 0.3) is 0 Å². The van der Waals surface area contributed by atoms with Gasteiger partial charge in [-0.15, -0.1) is 0 Å². The van der Waals surface area contributed by atoms with Gasteiger partial charge in [-0.2, -0.15) is 0 Å². The molecule has 0 unspecified atom stereocenters. The van der Waals surface area contributed by atoms with Crippen LogP contribution in [0.5, 0.6) is 0 Å². The van der Waals surface area contributed by atoms with E-state index in [-0.39, 0.29) is 37.7 Å². The molecule has 6 fully saturated rings. The molecule has 0 amide bonds. The van der Waals surface area contributed by atoms with Crippen molar-refractivity contribution < 1.29 is 43.3 Å². The molecule has 120 valence electrons. The molecule has 0 aromatic carbocycles. The van der Waals surface area contributed by atoms with Gasteiger partial charge >= 0.3 is 170 Å². The minimum absolute atomic E-state index is 0. The molecular weight excluding hydrogens is 572 g/mol. The van der Waals surface area contributed by atoms with Crippen molar-refractivity contribution in [3.8, 4) is 0 Å². The average molecular weight is 576 g/mol. The number of carbonyl (C=O) groups is 4. The van der Waals surface area contributed by atoms with Gasteiger partial charge in [0, 0.05) is 0 Å². The predicted molar refractivity (Wildman–Crippen MR) is 61.1 cm³/mol. The molecule has 0 aromatic heterocycles. The van der Waals surface area contributed by atoms with E-state index < -0.39 is 89.3 Å². The molecule has 0 N–H and O–H groups in total. The summed E-state index contributed by atoms with van der Waals surface area (Å²) in [7, 11) is 0. The third-order valence-electron chi connectivity index (χ3n) is 3.26. The molecule has 6 rings (SSSR count). The molecule has 6 bridgehead atoms. The van der Waals surface area contributed by atoms with Crippen molar-refractivity contribution in [2.45, 2.75) is 24.4 Å². The molecule has 0 radical (unpaired) electrons. The first kappa shape index (κ1) is 17.1. The van der Waals surface area contributed by atoms with Crippen molar-refractivity contribution >= 4 is 103 Å². The second-order valence-corrected chi connectivity index (χ2v) is 14.2. The topological polar surface area (TPSA) is 142 Å². The summed E-state index contributed by atoms with van der Waals surface area (Å²) in [5.41, 5.74) is 0. The average Bonchev–Trinajstić information content (AvgIpc) is 3.19. The summed E-state index contributed by atoms with van der Waals surface area (Å²) >= 11 is -7.77. The summed E-state index contributed by atoms with van der Waals surface area (Å²) in [6.45, 7) is 0. The normalized spacial score (nSPS) is 54.6. The van der Waals surface area contributed by atoms with Gasteiger partial charge in [0.2, 0.25) is 0 Å². The molecule has 2 spiro atoms. The van der Waals surface area contributed by atoms with Gasteiger partial charge in [-0.25, -0.2) is 0 Å². The standard InChI is InChI=1S/2C4H4O6.Ca.2Sb/c2*5-1(3(7)8)2(6)4(9)10;;;/h2*1-2H,(H,7,8)(H,9,10);;;/q2*-2;+2;2*+3/p-4/t2*1-,2-;;;/m10.../s1. The molecule has 0 saturated carbocycles. The van der Waals surface area contributed by atoms with Crippen LogP contribution < -0.4 is 0 Å². The van der Waals surface area contributed by atoms with Gasteiger partial charge in [-0.3, -0.25) is 0 Å². The van der Waals surface area contributed by atoms with E-state index >= 15 is 0 Å². The molecule has 12 nitrogen and oxygen atoms in total. The fourth-order valence-electron chi connectivity index (χ4n) is 2.35. The molecule has 6 aliphatic heterocycles. The zero-order chi connectivity index (χ0) is 15.3. The van der Waals surface area contributed by atoms with Crippen molar-refractivity contribution in [2.24, 2.45) is 0 Å². The largest absolute Gasteiger partial charge is 2.00 e. The van der Waals surface area contributed by atoms with Gasteiger partial charge in [-0.05, 0) is 0 Å². The Balaban J connectivity index is 0.000000113. The number of hydrogen-bond acceptors (Lipinski definition) is 12. The number of hydrogen-bond donors (Lipinski definition) is 0. The smallest absolute Gasteiger partial charge is 2.00 e. The quantitative estimate of drug-likeness (QED) is 0.262. The maximum Gasteiger partial charge on any atom is 2.00 e. The van der Waals surface area contributed by atoms with E-state index in [1.165, 1.54) is 0 Å². The summed E-state index contributed by atoms with van der Waals surface area (Å²) in [6, 6.07) is 0. The van der Waals surface area contributed by atoms with Crippen molar-refractivity contribution in [2.75, 3.05) is 0 Å². The fraction of sp³-hybridized carbons (Fsp3) is 0.500. The molecular formula is C8H4CaO12Sb2. The van der Waals surface area contributed by atoms with Gasteiger partial charge in [-0.1, -0.05) is 0 Å². The first-order valence-electron chi connectivity index (χ1n) is 5.86. The van der Waals surface area contributed by atoms with Gasteiger partial charge in [0.25, 0.3) is 0 Å². The van der Waals surface area contributed by atoms with E-state index in [4.69, 9.17) is 12.1 Å². The minimum atomic E-state index is -3.89. The van der Waals surface area contributed by atoms with Crippen molar-refractivity contribution in [3.63, 3.8) is 0 Å². The SMILES string of the molecule is O=C1[O][Sb-]23[O]C(=O)[C@@H]([O]2)[C@@H]1[O]3.O=C1[O][Sb-]23[O]C(=O)[C@H]([O]2)[C@H]1[O]3.[Ca+2]. The van der Waals surface area contributed by atoms with Crippen molar-refractivity contribution in [3.05, 3.63) is 0 Å². The Hall–Kier alpha value is 0.616. The number of fused-ring (bicyclic) bond motifs is 6. The van der Waals surface area contributed by atoms with E-state index in [0.717, 1.165) is 0 Å². The van der Waals surface area contributed by atoms with Crippen molar-refractivity contribution in [1.82, 2.24) is 0 Å². The van der Waals surface area contributed by atoms with Gasteiger partial charge in [0.15, 0.2) is 0 Å². The van der Waals surface area contributed by atoms with Crippen LogP contribution in [0.1, 0.15) is 0 Å². The Labute approximate surface area is 168 Å². The van der Waals surface area contributed by atoms with Crippen LogP contribution in [-0.4, -0.2) is 127 Å². The molecule has 0 aromatic rings. The summed E-state index contributed by atoms with van der Waals surface area (Å²) in [5, 5.41) is 0. The summed E-state index contributed by atoms with van der Waals surface area (Å²) in [5.74, 6) is -2.06. The monoisotopic (exact) mass is 574 g/mol.